The fourth-order valence-corrected chi connectivity index (χ4v) is 4.90. The van der Waals surface area contributed by atoms with Crippen LogP contribution in [0.25, 0.3) is 0 Å². The van der Waals surface area contributed by atoms with Crippen molar-refractivity contribution in [2.75, 3.05) is 39.8 Å². The number of amides is 2. The minimum Gasteiger partial charge on any atom is -0.356 e. The van der Waals surface area contributed by atoms with Crippen LogP contribution in [0, 0.1) is 0 Å². The van der Waals surface area contributed by atoms with E-state index in [0.29, 0.717) is 26.2 Å². The fraction of sp³-hybridized carbons (Fsp3) is 0.684. The summed E-state index contributed by atoms with van der Waals surface area (Å²) in [6.45, 7) is 2.58. The van der Waals surface area contributed by atoms with Gasteiger partial charge in [-0.3, -0.25) is 9.59 Å². The normalized spacial score (nSPS) is 18.9. The van der Waals surface area contributed by atoms with Gasteiger partial charge in [0.25, 0.3) is 5.91 Å². The maximum atomic E-state index is 12.8. The Kier molecular flexibility index (Phi) is 6.77. The zero-order chi connectivity index (χ0) is 20.1. The number of likely N-dealkylation sites (tertiary alicyclic amines) is 2. The first-order valence-corrected chi connectivity index (χ1v) is 11.6. The van der Waals surface area contributed by atoms with Crippen molar-refractivity contribution in [2.24, 2.45) is 0 Å². The van der Waals surface area contributed by atoms with Crippen molar-refractivity contribution in [3.05, 3.63) is 18.0 Å². The molecular weight excluding hydrogens is 380 g/mol. The third kappa shape index (κ3) is 4.75. The summed E-state index contributed by atoms with van der Waals surface area (Å²) in [7, 11) is -2.43. The van der Waals surface area contributed by atoms with Crippen LogP contribution in [0.1, 0.15) is 55.4 Å². The van der Waals surface area contributed by atoms with Crippen molar-refractivity contribution in [1.82, 2.24) is 19.1 Å². The summed E-state index contributed by atoms with van der Waals surface area (Å²) in [6, 6.07) is 1.37. The first kappa shape index (κ1) is 20.9. The summed E-state index contributed by atoms with van der Waals surface area (Å²) < 4.78 is 26.7. The number of likely N-dealkylation sites (N-methyl/N-ethyl adjacent to an activating group) is 1. The Morgan fingerprint density at radius 2 is 1.50 bits per heavy atom. The van der Waals surface area contributed by atoms with Crippen molar-refractivity contribution in [1.29, 1.82) is 0 Å². The number of hydrogen-bond donors (Lipinski definition) is 1. The van der Waals surface area contributed by atoms with Crippen molar-refractivity contribution in [2.45, 2.75) is 49.8 Å². The highest BCUT2D eigenvalue weighted by atomic mass is 32.2. The lowest BCUT2D eigenvalue weighted by Gasteiger charge is -2.26. The second-order valence-corrected chi connectivity index (χ2v) is 9.70. The van der Waals surface area contributed by atoms with Crippen LogP contribution in [0.5, 0.6) is 0 Å². The summed E-state index contributed by atoms with van der Waals surface area (Å²) >= 11 is 0. The van der Waals surface area contributed by atoms with Crippen LogP contribution >= 0.6 is 0 Å². The molecule has 28 heavy (non-hydrogen) atoms. The van der Waals surface area contributed by atoms with Crippen LogP contribution in [0.2, 0.25) is 0 Å². The Morgan fingerprint density at radius 3 is 2.11 bits per heavy atom. The van der Waals surface area contributed by atoms with Gasteiger partial charge < -0.3 is 14.8 Å². The summed E-state index contributed by atoms with van der Waals surface area (Å²) in [5.41, 5.74) is 0.271. The maximum absolute atomic E-state index is 12.8. The van der Waals surface area contributed by atoms with Crippen LogP contribution in [0.3, 0.4) is 0 Å². The van der Waals surface area contributed by atoms with E-state index in [-0.39, 0.29) is 28.9 Å². The molecular formula is C19H30N4O4S. The van der Waals surface area contributed by atoms with E-state index in [2.05, 4.69) is 4.98 Å². The van der Waals surface area contributed by atoms with Crippen LogP contribution in [0.4, 0.5) is 0 Å². The lowest BCUT2D eigenvalue weighted by atomic mass is 10.1. The highest BCUT2D eigenvalue weighted by molar-refractivity contribution is 7.89. The molecule has 0 bridgehead atoms. The molecule has 1 aromatic rings. The number of aromatic amines is 1. The average Bonchev–Trinajstić information content (AvgIpc) is 3.04. The van der Waals surface area contributed by atoms with Gasteiger partial charge in [-0.2, -0.15) is 4.31 Å². The number of nitrogens with zero attached hydrogens (tertiary/aromatic N) is 3. The SMILES string of the molecule is CN(CC(=O)N1CCCCCC1)S(=O)(=O)c1c[nH]c(C(=O)N2CCCCC2)c1. The average molecular weight is 411 g/mol. The molecule has 0 aromatic carbocycles. The predicted molar refractivity (Wildman–Crippen MR) is 105 cm³/mol. The van der Waals surface area contributed by atoms with Crippen LogP contribution < -0.4 is 0 Å². The van der Waals surface area contributed by atoms with Crippen LogP contribution in [-0.2, 0) is 14.8 Å². The lowest BCUT2D eigenvalue weighted by molar-refractivity contribution is -0.131. The second-order valence-electron chi connectivity index (χ2n) is 7.66. The molecule has 0 spiro atoms. The quantitative estimate of drug-likeness (QED) is 0.799. The molecule has 1 N–H and O–H groups in total. The van der Waals surface area contributed by atoms with Gasteiger partial charge in [-0.25, -0.2) is 8.42 Å². The van der Waals surface area contributed by atoms with E-state index in [9.17, 15) is 18.0 Å². The molecule has 2 fully saturated rings. The molecule has 0 aliphatic carbocycles. The molecule has 2 amide bonds. The van der Waals surface area contributed by atoms with Gasteiger partial charge >= 0.3 is 0 Å². The number of piperidine rings is 1. The Hall–Kier alpha value is -1.87. The zero-order valence-electron chi connectivity index (χ0n) is 16.5. The van der Waals surface area contributed by atoms with Gasteiger partial charge in [0.1, 0.15) is 10.6 Å². The Labute approximate surface area is 166 Å². The molecule has 2 aliphatic heterocycles. The first-order chi connectivity index (χ1) is 13.4. The lowest BCUT2D eigenvalue weighted by Crippen LogP contribution is -2.41. The molecule has 0 unspecified atom stereocenters. The summed E-state index contributed by atoms with van der Waals surface area (Å²) in [6.07, 6.45) is 8.52. The third-order valence-electron chi connectivity index (χ3n) is 5.56. The van der Waals surface area contributed by atoms with Gasteiger partial charge in [-0.1, -0.05) is 12.8 Å². The fourth-order valence-electron chi connectivity index (χ4n) is 3.79. The predicted octanol–water partition coefficient (Wildman–Crippen LogP) is 1.66. The maximum Gasteiger partial charge on any atom is 0.270 e. The Bertz CT molecular complexity index is 791. The van der Waals surface area contributed by atoms with Gasteiger partial charge in [0.2, 0.25) is 15.9 Å². The summed E-state index contributed by atoms with van der Waals surface area (Å²) in [5, 5.41) is 0. The number of nitrogens with one attached hydrogen (secondary N) is 1. The van der Waals surface area contributed by atoms with E-state index >= 15 is 0 Å². The van der Waals surface area contributed by atoms with E-state index in [4.69, 9.17) is 0 Å². The Morgan fingerprint density at radius 1 is 0.964 bits per heavy atom. The van der Waals surface area contributed by atoms with Crippen molar-refractivity contribution in [3.63, 3.8) is 0 Å². The minimum absolute atomic E-state index is 0.0130. The van der Waals surface area contributed by atoms with Crippen molar-refractivity contribution < 1.29 is 18.0 Å². The van der Waals surface area contributed by atoms with E-state index in [1.165, 1.54) is 19.3 Å². The monoisotopic (exact) mass is 410 g/mol. The van der Waals surface area contributed by atoms with Crippen molar-refractivity contribution >= 4 is 21.8 Å². The zero-order valence-corrected chi connectivity index (χ0v) is 17.3. The first-order valence-electron chi connectivity index (χ1n) is 10.1. The third-order valence-corrected chi connectivity index (χ3v) is 7.34. The molecule has 2 saturated heterocycles. The molecule has 2 aliphatic rings. The topological polar surface area (TPSA) is 93.8 Å². The van der Waals surface area contributed by atoms with E-state index in [1.54, 1.807) is 9.80 Å². The molecule has 0 atom stereocenters. The number of carbonyl (C=O) groups excluding carboxylic acids is 2. The van der Waals surface area contributed by atoms with Gasteiger partial charge in [0.15, 0.2) is 0 Å². The van der Waals surface area contributed by atoms with Crippen molar-refractivity contribution in [3.8, 4) is 0 Å². The van der Waals surface area contributed by atoms with E-state index < -0.39 is 10.0 Å². The molecule has 8 nitrogen and oxygen atoms in total. The van der Waals surface area contributed by atoms with Gasteiger partial charge in [-0.05, 0) is 38.2 Å². The van der Waals surface area contributed by atoms with Gasteiger partial charge in [0, 0.05) is 39.4 Å². The van der Waals surface area contributed by atoms with Crippen LogP contribution in [-0.4, -0.2) is 79.1 Å². The molecule has 1 aromatic heterocycles. The van der Waals surface area contributed by atoms with E-state index in [0.717, 1.165) is 49.3 Å². The molecule has 0 radical (unpaired) electrons. The number of aromatic nitrogens is 1. The largest absolute Gasteiger partial charge is 0.356 e. The summed E-state index contributed by atoms with van der Waals surface area (Å²) in [4.78, 5) is 31.4. The van der Waals surface area contributed by atoms with Gasteiger partial charge in [0.05, 0.1) is 6.54 Å². The van der Waals surface area contributed by atoms with Crippen LogP contribution in [0.15, 0.2) is 17.2 Å². The number of rotatable bonds is 5. The highest BCUT2D eigenvalue weighted by Crippen LogP contribution is 2.19. The second kappa shape index (κ2) is 9.09. The number of sulfonamides is 1. The van der Waals surface area contributed by atoms with Gasteiger partial charge in [-0.15, -0.1) is 0 Å². The van der Waals surface area contributed by atoms with E-state index in [1.807, 2.05) is 0 Å². The molecule has 0 saturated carbocycles. The number of carbonyl (C=O) groups is 2. The standard InChI is InChI=1S/C19H30N4O4S/c1-21(15-18(24)22-9-5-2-3-6-10-22)28(26,27)16-13-17(20-14-16)19(25)23-11-7-4-8-12-23/h13-14,20H,2-12,15H2,1H3. The minimum atomic E-state index is -3.84. The molecule has 3 rings (SSSR count). The number of H-pyrrole nitrogens is 1. The highest BCUT2D eigenvalue weighted by Gasteiger charge is 2.28. The smallest absolute Gasteiger partial charge is 0.270 e. The molecule has 9 heteroatoms. The Balaban J connectivity index is 1.65. The number of hydrogen-bond acceptors (Lipinski definition) is 4. The molecule has 3 heterocycles. The summed E-state index contributed by atoms with van der Waals surface area (Å²) in [5.74, 6) is -0.349. The molecule has 156 valence electrons.